The molecular formula is C24H32N2O3S. The molecule has 1 aliphatic heterocycles. The molecule has 0 saturated carbocycles. The molecule has 0 N–H and O–H groups in total. The van der Waals surface area contributed by atoms with E-state index >= 15 is 0 Å². The van der Waals surface area contributed by atoms with Gasteiger partial charge >= 0.3 is 0 Å². The van der Waals surface area contributed by atoms with E-state index in [4.69, 9.17) is 0 Å². The van der Waals surface area contributed by atoms with Crippen LogP contribution in [0.5, 0.6) is 0 Å². The van der Waals surface area contributed by atoms with Gasteiger partial charge in [0.05, 0.1) is 11.9 Å². The van der Waals surface area contributed by atoms with Gasteiger partial charge < -0.3 is 4.90 Å². The molecule has 162 valence electrons. The van der Waals surface area contributed by atoms with Crippen molar-refractivity contribution in [1.82, 2.24) is 4.90 Å². The number of carbonyl (C=O) groups excluding carboxylic acids is 1. The summed E-state index contributed by atoms with van der Waals surface area (Å²) in [5, 5.41) is 0. The van der Waals surface area contributed by atoms with Crippen LogP contribution in [0.15, 0.2) is 42.5 Å². The predicted octanol–water partition coefficient (Wildman–Crippen LogP) is 3.86. The molecule has 1 aliphatic rings. The van der Waals surface area contributed by atoms with Gasteiger partial charge in [-0.3, -0.25) is 9.10 Å². The summed E-state index contributed by atoms with van der Waals surface area (Å²) in [5.41, 5.74) is 4.76. The van der Waals surface area contributed by atoms with Crippen LogP contribution in [-0.2, 0) is 21.2 Å². The minimum absolute atomic E-state index is 0.127. The van der Waals surface area contributed by atoms with Crippen LogP contribution in [0, 0.1) is 26.7 Å². The van der Waals surface area contributed by atoms with E-state index in [1.165, 1.54) is 16.1 Å². The van der Waals surface area contributed by atoms with Crippen molar-refractivity contribution in [2.45, 2.75) is 40.0 Å². The lowest BCUT2D eigenvalue weighted by Gasteiger charge is -2.34. The number of sulfonamides is 1. The van der Waals surface area contributed by atoms with E-state index in [9.17, 15) is 13.2 Å². The Balaban J connectivity index is 1.68. The van der Waals surface area contributed by atoms with Gasteiger partial charge in [0.1, 0.15) is 6.54 Å². The average molecular weight is 429 g/mol. The predicted molar refractivity (Wildman–Crippen MR) is 122 cm³/mol. The molecule has 0 atom stereocenters. The molecule has 2 aromatic carbocycles. The second-order valence-corrected chi connectivity index (χ2v) is 10.4. The van der Waals surface area contributed by atoms with E-state index in [2.05, 4.69) is 24.3 Å². The standard InChI is InChI=1S/C24H32N2O3S/c1-18-14-19(2)24(20(3)15-18)26(30(4,28)29)17-23(27)25-12-10-22(11-13-25)16-21-8-6-5-7-9-21/h5-9,14-15,22H,10-13,16-17H2,1-4H3. The third-order valence-corrected chi connectivity index (χ3v) is 7.01. The molecule has 2 aromatic rings. The molecule has 0 aliphatic carbocycles. The fourth-order valence-electron chi connectivity index (χ4n) is 4.48. The number of rotatable bonds is 6. The van der Waals surface area contributed by atoms with Crippen molar-refractivity contribution in [3.05, 3.63) is 64.7 Å². The third-order valence-electron chi connectivity index (χ3n) is 5.90. The Hall–Kier alpha value is -2.34. The first-order valence-corrected chi connectivity index (χ1v) is 12.4. The summed E-state index contributed by atoms with van der Waals surface area (Å²) in [6.45, 7) is 6.99. The number of anilines is 1. The molecule has 30 heavy (non-hydrogen) atoms. The van der Waals surface area contributed by atoms with Gasteiger partial charge in [0.25, 0.3) is 0 Å². The van der Waals surface area contributed by atoms with Crippen LogP contribution >= 0.6 is 0 Å². The van der Waals surface area contributed by atoms with Crippen molar-refractivity contribution < 1.29 is 13.2 Å². The van der Waals surface area contributed by atoms with Gasteiger partial charge in [0.15, 0.2) is 0 Å². The first-order chi connectivity index (χ1) is 14.1. The smallest absolute Gasteiger partial charge is 0.243 e. The van der Waals surface area contributed by atoms with Crippen LogP contribution < -0.4 is 4.31 Å². The summed E-state index contributed by atoms with van der Waals surface area (Å²) in [7, 11) is -3.58. The van der Waals surface area contributed by atoms with E-state index in [0.29, 0.717) is 24.7 Å². The number of hydrogen-bond acceptors (Lipinski definition) is 3. The first-order valence-electron chi connectivity index (χ1n) is 10.5. The van der Waals surface area contributed by atoms with Crippen LogP contribution in [0.4, 0.5) is 5.69 Å². The van der Waals surface area contributed by atoms with Crippen molar-refractivity contribution in [3.63, 3.8) is 0 Å². The third kappa shape index (κ3) is 5.42. The highest BCUT2D eigenvalue weighted by molar-refractivity contribution is 7.92. The molecule has 0 aromatic heterocycles. The topological polar surface area (TPSA) is 57.7 Å². The number of aryl methyl sites for hydroxylation is 3. The lowest BCUT2D eigenvalue weighted by Crippen LogP contribution is -2.46. The Morgan fingerprint density at radius 1 is 1.03 bits per heavy atom. The molecule has 1 amide bonds. The summed E-state index contributed by atoms with van der Waals surface area (Å²) in [4.78, 5) is 14.8. The SMILES string of the molecule is Cc1cc(C)c(N(CC(=O)N2CCC(Cc3ccccc3)CC2)S(C)(=O)=O)c(C)c1. The zero-order chi connectivity index (χ0) is 21.9. The molecule has 3 rings (SSSR count). The number of hydrogen-bond donors (Lipinski definition) is 0. The van der Waals surface area contributed by atoms with E-state index in [-0.39, 0.29) is 12.5 Å². The van der Waals surface area contributed by atoms with Crippen molar-refractivity contribution in [2.75, 3.05) is 30.2 Å². The highest BCUT2D eigenvalue weighted by atomic mass is 32.2. The maximum atomic E-state index is 13.0. The minimum Gasteiger partial charge on any atom is -0.341 e. The van der Waals surface area contributed by atoms with Gasteiger partial charge in [0.2, 0.25) is 15.9 Å². The summed E-state index contributed by atoms with van der Waals surface area (Å²) in [6.07, 6.45) is 4.09. The molecular weight excluding hydrogens is 396 g/mol. The van der Waals surface area contributed by atoms with E-state index in [1.54, 1.807) is 0 Å². The molecule has 1 fully saturated rings. The normalized spacial score (nSPS) is 15.3. The molecule has 5 nitrogen and oxygen atoms in total. The zero-order valence-corrected chi connectivity index (χ0v) is 19.2. The maximum Gasteiger partial charge on any atom is 0.243 e. The second-order valence-electron chi connectivity index (χ2n) is 8.53. The van der Waals surface area contributed by atoms with Crippen LogP contribution in [0.3, 0.4) is 0 Å². The van der Waals surface area contributed by atoms with E-state index in [1.807, 2.05) is 43.9 Å². The van der Waals surface area contributed by atoms with Gasteiger partial charge in [-0.05, 0) is 62.6 Å². The van der Waals surface area contributed by atoms with Crippen LogP contribution in [0.2, 0.25) is 0 Å². The summed E-state index contributed by atoms with van der Waals surface area (Å²) in [5.74, 6) is 0.432. The average Bonchev–Trinajstić information content (AvgIpc) is 2.67. The van der Waals surface area contributed by atoms with Gasteiger partial charge in [-0.2, -0.15) is 0 Å². The van der Waals surface area contributed by atoms with E-state index < -0.39 is 10.0 Å². The molecule has 6 heteroatoms. The molecule has 1 saturated heterocycles. The van der Waals surface area contributed by atoms with Crippen molar-refractivity contribution in [2.24, 2.45) is 5.92 Å². The molecule has 0 unspecified atom stereocenters. The van der Waals surface area contributed by atoms with Crippen molar-refractivity contribution in [3.8, 4) is 0 Å². The summed E-state index contributed by atoms with van der Waals surface area (Å²) in [6, 6.07) is 14.4. The number of carbonyl (C=O) groups is 1. The Morgan fingerprint density at radius 2 is 1.60 bits per heavy atom. The monoisotopic (exact) mass is 428 g/mol. The zero-order valence-electron chi connectivity index (χ0n) is 18.4. The number of likely N-dealkylation sites (tertiary alicyclic amines) is 1. The Kier molecular flexibility index (Phi) is 6.86. The van der Waals surface area contributed by atoms with E-state index in [0.717, 1.165) is 36.0 Å². The van der Waals surface area contributed by atoms with Gasteiger partial charge in [-0.1, -0.05) is 48.0 Å². The fraction of sp³-hybridized carbons (Fsp3) is 0.458. The Morgan fingerprint density at radius 3 is 2.13 bits per heavy atom. The molecule has 1 heterocycles. The van der Waals surface area contributed by atoms with Crippen molar-refractivity contribution >= 4 is 21.6 Å². The largest absolute Gasteiger partial charge is 0.341 e. The number of piperidine rings is 1. The van der Waals surface area contributed by atoms with Crippen molar-refractivity contribution in [1.29, 1.82) is 0 Å². The van der Waals surface area contributed by atoms with Crippen LogP contribution in [0.25, 0.3) is 0 Å². The summed E-state index contributed by atoms with van der Waals surface area (Å²) < 4.78 is 26.4. The lowest BCUT2D eigenvalue weighted by molar-refractivity contribution is -0.130. The highest BCUT2D eigenvalue weighted by Crippen LogP contribution is 2.29. The van der Waals surface area contributed by atoms with Gasteiger partial charge in [0, 0.05) is 13.1 Å². The maximum absolute atomic E-state index is 13.0. The minimum atomic E-state index is -3.58. The number of amides is 1. The second kappa shape index (κ2) is 9.21. The van der Waals surface area contributed by atoms with Crippen LogP contribution in [0.1, 0.15) is 35.1 Å². The highest BCUT2D eigenvalue weighted by Gasteiger charge is 2.28. The number of benzene rings is 2. The number of nitrogens with zero attached hydrogens (tertiary/aromatic N) is 2. The molecule has 0 bridgehead atoms. The summed E-state index contributed by atoms with van der Waals surface area (Å²) >= 11 is 0. The molecule has 0 spiro atoms. The first kappa shape index (κ1) is 22.3. The lowest BCUT2D eigenvalue weighted by atomic mass is 9.90. The van der Waals surface area contributed by atoms with Gasteiger partial charge in [-0.25, -0.2) is 8.42 Å². The molecule has 0 radical (unpaired) electrons. The van der Waals surface area contributed by atoms with Gasteiger partial charge in [-0.15, -0.1) is 0 Å². The fourth-order valence-corrected chi connectivity index (χ4v) is 5.45. The quantitative estimate of drug-likeness (QED) is 0.702. The Labute approximate surface area is 180 Å². The van der Waals surface area contributed by atoms with Crippen LogP contribution in [-0.4, -0.2) is 45.1 Å². The Bertz CT molecular complexity index is 971.